The second-order valence-electron chi connectivity index (χ2n) is 8.55. The van der Waals surface area contributed by atoms with Gasteiger partial charge in [0.25, 0.3) is 5.91 Å². The molecule has 1 atom stereocenters. The molecule has 11 nitrogen and oxygen atoms in total. The van der Waals surface area contributed by atoms with Crippen molar-refractivity contribution < 1.29 is 25.2 Å². The minimum absolute atomic E-state index is 0.0357. The number of aromatic nitrogens is 2. The van der Waals surface area contributed by atoms with Crippen molar-refractivity contribution in [2.24, 2.45) is 4.99 Å². The number of rotatable bonds is 9. The van der Waals surface area contributed by atoms with Crippen LogP contribution in [0.5, 0.6) is 17.2 Å². The van der Waals surface area contributed by atoms with Crippen LogP contribution in [0, 0.1) is 0 Å². The SMILES string of the molecule is CN(C)CCNC(=O)c1ccc(O)c2nc3c(C=NCC(O)CN(C)C)c(O)cc(O)c3nc12. The van der Waals surface area contributed by atoms with Crippen LogP contribution in [0.4, 0.5) is 0 Å². The van der Waals surface area contributed by atoms with Crippen molar-refractivity contribution in [2.75, 3.05) is 54.4 Å². The molecule has 3 rings (SSSR count). The Morgan fingerprint density at radius 3 is 2.35 bits per heavy atom. The Bertz CT molecular complexity index is 1230. The number of carbonyl (C=O) groups is 1. The fourth-order valence-corrected chi connectivity index (χ4v) is 3.43. The molecule has 3 aromatic rings. The Hall–Kier alpha value is -3.54. The second-order valence-corrected chi connectivity index (χ2v) is 8.55. The van der Waals surface area contributed by atoms with E-state index in [2.05, 4.69) is 20.3 Å². The van der Waals surface area contributed by atoms with Gasteiger partial charge in [-0.1, -0.05) is 0 Å². The smallest absolute Gasteiger partial charge is 0.253 e. The molecule has 2 aromatic carbocycles. The predicted molar refractivity (Wildman–Crippen MR) is 130 cm³/mol. The van der Waals surface area contributed by atoms with E-state index in [0.717, 1.165) is 6.07 Å². The van der Waals surface area contributed by atoms with Gasteiger partial charge in [-0.05, 0) is 40.3 Å². The van der Waals surface area contributed by atoms with E-state index in [0.29, 0.717) is 19.6 Å². The monoisotopic (exact) mass is 470 g/mol. The maximum absolute atomic E-state index is 12.7. The van der Waals surface area contributed by atoms with Crippen LogP contribution in [0.3, 0.4) is 0 Å². The summed E-state index contributed by atoms with van der Waals surface area (Å²) in [6.45, 7) is 1.55. The van der Waals surface area contributed by atoms with E-state index in [4.69, 9.17) is 0 Å². The number of hydrogen-bond donors (Lipinski definition) is 5. The van der Waals surface area contributed by atoms with Gasteiger partial charge >= 0.3 is 0 Å². The molecule has 0 aliphatic carbocycles. The summed E-state index contributed by atoms with van der Waals surface area (Å²) < 4.78 is 0. The van der Waals surface area contributed by atoms with Crippen molar-refractivity contribution in [2.45, 2.75) is 6.10 Å². The van der Waals surface area contributed by atoms with E-state index in [-0.39, 0.29) is 57.0 Å². The number of aliphatic hydroxyl groups is 1. The Labute approximate surface area is 197 Å². The molecule has 1 heterocycles. The number of benzene rings is 2. The number of phenolic OH excluding ortho intramolecular Hbond substituents is 3. The second kappa shape index (κ2) is 10.6. The van der Waals surface area contributed by atoms with Gasteiger partial charge in [-0.3, -0.25) is 9.79 Å². The molecule has 0 radical (unpaired) electrons. The van der Waals surface area contributed by atoms with Crippen LogP contribution in [0.25, 0.3) is 22.1 Å². The van der Waals surface area contributed by atoms with Gasteiger partial charge in [0.05, 0.1) is 23.8 Å². The van der Waals surface area contributed by atoms with E-state index in [9.17, 15) is 25.2 Å². The fourth-order valence-electron chi connectivity index (χ4n) is 3.43. The molecule has 1 aromatic heterocycles. The van der Waals surface area contributed by atoms with Gasteiger partial charge in [0.1, 0.15) is 39.3 Å². The molecule has 1 amide bonds. The van der Waals surface area contributed by atoms with Crippen molar-refractivity contribution in [3.63, 3.8) is 0 Å². The van der Waals surface area contributed by atoms with Crippen LogP contribution in [0.1, 0.15) is 15.9 Å². The first-order valence-electron chi connectivity index (χ1n) is 10.7. The summed E-state index contributed by atoms with van der Waals surface area (Å²) in [4.78, 5) is 29.5. The topological polar surface area (TPSA) is 155 Å². The lowest BCUT2D eigenvalue weighted by molar-refractivity contribution is 0.0952. The first-order chi connectivity index (χ1) is 16.1. The molecule has 11 heteroatoms. The molecule has 0 aliphatic heterocycles. The lowest BCUT2D eigenvalue weighted by Crippen LogP contribution is -2.31. The third-order valence-corrected chi connectivity index (χ3v) is 5.05. The molecule has 0 aliphatic rings. The summed E-state index contributed by atoms with van der Waals surface area (Å²) in [6, 6.07) is 3.90. The predicted octanol–water partition coefficient (Wildman–Crippen LogP) is 0.533. The molecule has 0 saturated carbocycles. The number of amides is 1. The zero-order valence-corrected chi connectivity index (χ0v) is 19.6. The van der Waals surface area contributed by atoms with E-state index in [1.165, 1.54) is 18.3 Å². The number of nitrogens with one attached hydrogen (secondary N) is 1. The van der Waals surface area contributed by atoms with E-state index >= 15 is 0 Å². The maximum Gasteiger partial charge on any atom is 0.253 e. The van der Waals surface area contributed by atoms with Crippen LogP contribution in [-0.4, -0.2) is 113 Å². The largest absolute Gasteiger partial charge is 0.507 e. The summed E-state index contributed by atoms with van der Waals surface area (Å²) in [6.07, 6.45) is 0.632. The summed E-state index contributed by atoms with van der Waals surface area (Å²) in [5, 5.41) is 44.1. The average molecular weight is 471 g/mol. The molecule has 0 bridgehead atoms. The van der Waals surface area contributed by atoms with E-state index in [1.54, 1.807) is 0 Å². The summed E-state index contributed by atoms with van der Waals surface area (Å²) in [5.41, 5.74) is 0.639. The number of aliphatic imine (C=N–C) groups is 1. The lowest BCUT2D eigenvalue weighted by atomic mass is 10.1. The molecule has 1 unspecified atom stereocenters. The molecule has 0 spiro atoms. The minimum atomic E-state index is -0.707. The van der Waals surface area contributed by atoms with Gasteiger partial charge in [0.15, 0.2) is 0 Å². The highest BCUT2D eigenvalue weighted by molar-refractivity contribution is 6.10. The first-order valence-corrected chi connectivity index (χ1v) is 10.7. The zero-order valence-electron chi connectivity index (χ0n) is 19.6. The number of aromatic hydroxyl groups is 3. The van der Waals surface area contributed by atoms with Crippen molar-refractivity contribution in [1.29, 1.82) is 0 Å². The van der Waals surface area contributed by atoms with Crippen LogP contribution in [-0.2, 0) is 0 Å². The number of phenols is 3. The molecular weight excluding hydrogens is 440 g/mol. The number of nitrogens with zero attached hydrogens (tertiary/aromatic N) is 5. The van der Waals surface area contributed by atoms with E-state index in [1.807, 2.05) is 38.0 Å². The van der Waals surface area contributed by atoms with Gasteiger partial charge in [-0.2, -0.15) is 0 Å². The number of aliphatic hydroxyl groups excluding tert-OH is 1. The van der Waals surface area contributed by atoms with Crippen LogP contribution < -0.4 is 5.32 Å². The average Bonchev–Trinajstić information content (AvgIpc) is 2.74. The van der Waals surface area contributed by atoms with Crippen molar-refractivity contribution in [1.82, 2.24) is 25.1 Å². The van der Waals surface area contributed by atoms with Gasteiger partial charge in [0, 0.05) is 31.9 Å². The zero-order chi connectivity index (χ0) is 25.0. The Morgan fingerprint density at radius 1 is 1.00 bits per heavy atom. The molecule has 182 valence electrons. The highest BCUT2D eigenvalue weighted by Crippen LogP contribution is 2.35. The Balaban J connectivity index is 2.07. The van der Waals surface area contributed by atoms with Crippen LogP contribution in [0.15, 0.2) is 23.2 Å². The molecule has 0 fully saturated rings. The molecular formula is C23H30N6O5. The van der Waals surface area contributed by atoms with Gasteiger partial charge in [-0.25, -0.2) is 9.97 Å². The third-order valence-electron chi connectivity index (χ3n) is 5.05. The van der Waals surface area contributed by atoms with Crippen molar-refractivity contribution in [3.8, 4) is 17.2 Å². The third kappa shape index (κ3) is 5.68. The fraction of sp³-hybridized carbons (Fsp3) is 0.391. The summed E-state index contributed by atoms with van der Waals surface area (Å²) in [7, 11) is 7.44. The molecule has 5 N–H and O–H groups in total. The number of carbonyl (C=O) groups excluding carboxylic acids is 1. The first kappa shape index (κ1) is 25.1. The molecule has 0 saturated heterocycles. The molecule has 34 heavy (non-hydrogen) atoms. The Morgan fingerprint density at radius 2 is 1.68 bits per heavy atom. The van der Waals surface area contributed by atoms with Crippen LogP contribution in [0.2, 0.25) is 0 Å². The van der Waals surface area contributed by atoms with Crippen molar-refractivity contribution in [3.05, 3.63) is 29.3 Å². The van der Waals surface area contributed by atoms with Crippen molar-refractivity contribution >= 4 is 34.2 Å². The van der Waals surface area contributed by atoms with Crippen LogP contribution >= 0.6 is 0 Å². The quantitative estimate of drug-likeness (QED) is 0.222. The van der Waals surface area contributed by atoms with Gasteiger partial charge in [-0.15, -0.1) is 0 Å². The minimum Gasteiger partial charge on any atom is -0.507 e. The van der Waals surface area contributed by atoms with Gasteiger partial charge < -0.3 is 35.5 Å². The van der Waals surface area contributed by atoms with Gasteiger partial charge in [0.2, 0.25) is 0 Å². The summed E-state index contributed by atoms with van der Waals surface area (Å²) >= 11 is 0. The maximum atomic E-state index is 12.7. The standard InChI is InChI=1S/C23H30N6O5/c1-28(2)8-7-25-23(34)14-5-6-16(31)21-19(14)26-22-18(33)9-17(32)15(20(22)27-21)11-24-10-13(30)12-29(3)4/h5-6,9,11,13,30-33H,7-8,10,12H2,1-4H3,(H,25,34). The van der Waals surface area contributed by atoms with E-state index < -0.39 is 12.0 Å². The summed E-state index contributed by atoms with van der Waals surface area (Å²) in [5.74, 6) is -1.23. The highest BCUT2D eigenvalue weighted by atomic mass is 16.3. The lowest BCUT2D eigenvalue weighted by Gasteiger charge is -2.14. The Kier molecular flexibility index (Phi) is 7.82. The highest BCUT2D eigenvalue weighted by Gasteiger charge is 2.20. The number of hydrogen-bond acceptors (Lipinski definition) is 10. The number of likely N-dealkylation sites (N-methyl/N-ethyl adjacent to an activating group) is 2. The number of fused-ring (bicyclic) bond motifs is 2. The normalized spacial score (nSPS) is 12.9.